The molecule has 3 N–H and O–H groups in total. The molecule has 2 aromatic rings. The topological polar surface area (TPSA) is 140 Å². The van der Waals surface area contributed by atoms with Gasteiger partial charge in [-0.3, -0.25) is 4.79 Å². The van der Waals surface area contributed by atoms with Crippen molar-refractivity contribution in [3.05, 3.63) is 18.5 Å². The number of carbonyl (C=O) groups is 1. The van der Waals surface area contributed by atoms with Gasteiger partial charge in [0.1, 0.15) is 12.2 Å². The van der Waals surface area contributed by atoms with E-state index in [4.69, 9.17) is 20.2 Å². The summed E-state index contributed by atoms with van der Waals surface area (Å²) in [4.78, 5) is 33.7. The largest absolute Gasteiger partial charge is 0.474 e. The second-order valence-corrected chi connectivity index (χ2v) is 9.28. The first-order valence-corrected chi connectivity index (χ1v) is 11.7. The standard InChI is InChI=1S/C23H33N7O4/c1-14(2)8-19(31)21(32)29(3)16-9-17(10-16)34-20-11-18(15-12-25-22(24)26-13-15)27-23(28-20)30-4-6-33-7-5-30/h11-14,16-17,19,31H,4-10H2,1-3H3,(H2,24,25,26)/t16-,17-,19-/m0/s1. The first-order valence-electron chi connectivity index (χ1n) is 11.7. The monoisotopic (exact) mass is 471 g/mol. The highest BCUT2D eigenvalue weighted by Gasteiger charge is 2.37. The van der Waals surface area contributed by atoms with Crippen molar-refractivity contribution in [2.45, 2.75) is 51.4 Å². The van der Waals surface area contributed by atoms with Crippen molar-refractivity contribution in [2.75, 3.05) is 44.0 Å². The second kappa shape index (κ2) is 10.5. The molecule has 2 aromatic heterocycles. The van der Waals surface area contributed by atoms with Gasteiger partial charge >= 0.3 is 0 Å². The Morgan fingerprint density at radius 2 is 1.94 bits per heavy atom. The number of anilines is 2. The maximum Gasteiger partial charge on any atom is 0.251 e. The van der Waals surface area contributed by atoms with Gasteiger partial charge in [-0.25, -0.2) is 15.0 Å². The van der Waals surface area contributed by atoms with Gasteiger partial charge in [0.15, 0.2) is 0 Å². The number of rotatable bonds is 8. The van der Waals surface area contributed by atoms with Crippen LogP contribution in [-0.4, -0.2) is 87.5 Å². The number of nitrogen functional groups attached to an aromatic ring is 1. The number of nitrogens with zero attached hydrogens (tertiary/aromatic N) is 6. The number of aliphatic hydroxyl groups excluding tert-OH is 1. The Morgan fingerprint density at radius 1 is 1.26 bits per heavy atom. The van der Waals surface area contributed by atoms with Crippen LogP contribution in [0.2, 0.25) is 0 Å². The molecule has 4 rings (SSSR count). The SMILES string of the molecule is CC(C)C[C@H](O)C(=O)N(C)[C@H]1C[C@H](Oc2cc(-c3cnc(N)nc3)nc(N3CCOCC3)n2)C1. The minimum absolute atomic E-state index is 0.0323. The van der Waals surface area contributed by atoms with E-state index in [2.05, 4.69) is 19.9 Å². The molecule has 11 heteroatoms. The van der Waals surface area contributed by atoms with Crippen LogP contribution < -0.4 is 15.4 Å². The van der Waals surface area contributed by atoms with Crippen molar-refractivity contribution in [1.29, 1.82) is 0 Å². The number of nitrogens with two attached hydrogens (primary N) is 1. The van der Waals surface area contributed by atoms with Crippen molar-refractivity contribution in [2.24, 2.45) is 5.92 Å². The number of aromatic nitrogens is 4. The molecule has 0 aromatic carbocycles. The molecule has 0 spiro atoms. The van der Waals surface area contributed by atoms with E-state index in [1.165, 1.54) is 0 Å². The van der Waals surface area contributed by atoms with Gasteiger partial charge in [-0.2, -0.15) is 4.98 Å². The summed E-state index contributed by atoms with van der Waals surface area (Å²) >= 11 is 0. The quantitative estimate of drug-likeness (QED) is 0.576. The Balaban J connectivity index is 1.45. The van der Waals surface area contributed by atoms with E-state index in [-0.39, 0.29) is 29.9 Å². The molecular weight excluding hydrogens is 438 g/mol. The van der Waals surface area contributed by atoms with E-state index in [1.807, 2.05) is 13.8 Å². The average molecular weight is 472 g/mol. The van der Waals surface area contributed by atoms with Gasteiger partial charge in [-0.1, -0.05) is 13.8 Å². The zero-order valence-corrected chi connectivity index (χ0v) is 19.9. The number of amides is 1. The third-order valence-corrected chi connectivity index (χ3v) is 6.18. The fourth-order valence-electron chi connectivity index (χ4n) is 4.08. The van der Waals surface area contributed by atoms with E-state index in [0.29, 0.717) is 68.7 Å². The van der Waals surface area contributed by atoms with Gasteiger partial charge < -0.3 is 30.1 Å². The van der Waals surface area contributed by atoms with Gasteiger partial charge in [0.2, 0.25) is 17.8 Å². The van der Waals surface area contributed by atoms with Crippen molar-refractivity contribution >= 4 is 17.8 Å². The molecule has 1 aliphatic heterocycles. The summed E-state index contributed by atoms with van der Waals surface area (Å²) in [5.74, 6) is 1.23. The second-order valence-electron chi connectivity index (χ2n) is 9.28. The Kier molecular flexibility index (Phi) is 7.42. The first kappa shape index (κ1) is 24.1. The highest BCUT2D eigenvalue weighted by Crippen LogP contribution is 2.31. The molecule has 0 radical (unpaired) electrons. The lowest BCUT2D eigenvalue weighted by molar-refractivity contribution is -0.145. The molecule has 1 saturated carbocycles. The van der Waals surface area contributed by atoms with Crippen molar-refractivity contribution in [3.63, 3.8) is 0 Å². The average Bonchev–Trinajstić information content (AvgIpc) is 2.80. The van der Waals surface area contributed by atoms with Gasteiger partial charge in [-0.15, -0.1) is 0 Å². The Hall–Kier alpha value is -3.05. The highest BCUT2D eigenvalue weighted by molar-refractivity contribution is 5.80. The number of aliphatic hydroxyl groups is 1. The zero-order valence-electron chi connectivity index (χ0n) is 19.9. The number of morpholine rings is 1. The summed E-state index contributed by atoms with van der Waals surface area (Å²) in [5.41, 5.74) is 6.99. The van der Waals surface area contributed by atoms with Crippen LogP contribution >= 0.6 is 0 Å². The third-order valence-electron chi connectivity index (χ3n) is 6.18. The molecule has 1 saturated heterocycles. The lowest BCUT2D eigenvalue weighted by Crippen LogP contribution is -2.52. The minimum Gasteiger partial charge on any atom is -0.474 e. The molecule has 11 nitrogen and oxygen atoms in total. The zero-order chi connectivity index (χ0) is 24.2. The van der Waals surface area contributed by atoms with Crippen molar-refractivity contribution in [1.82, 2.24) is 24.8 Å². The summed E-state index contributed by atoms with van der Waals surface area (Å²) in [6.07, 6.45) is 4.01. The number of hydrogen-bond donors (Lipinski definition) is 2. The number of hydrogen-bond acceptors (Lipinski definition) is 10. The van der Waals surface area contributed by atoms with Crippen LogP contribution in [0.1, 0.15) is 33.1 Å². The summed E-state index contributed by atoms with van der Waals surface area (Å²) in [6.45, 7) is 6.59. The van der Waals surface area contributed by atoms with Crippen LogP contribution in [0.3, 0.4) is 0 Å². The van der Waals surface area contributed by atoms with Crippen LogP contribution in [0.25, 0.3) is 11.3 Å². The fraction of sp³-hybridized carbons (Fsp3) is 0.609. The first-order chi connectivity index (χ1) is 16.3. The van der Waals surface area contributed by atoms with Crippen LogP contribution in [-0.2, 0) is 9.53 Å². The van der Waals surface area contributed by atoms with Gasteiger partial charge in [0.25, 0.3) is 5.91 Å². The molecule has 1 aliphatic carbocycles. The van der Waals surface area contributed by atoms with E-state index >= 15 is 0 Å². The van der Waals surface area contributed by atoms with Crippen LogP contribution in [0.4, 0.5) is 11.9 Å². The fourth-order valence-corrected chi connectivity index (χ4v) is 4.08. The lowest BCUT2D eigenvalue weighted by atomic mass is 9.87. The predicted molar refractivity (Wildman–Crippen MR) is 126 cm³/mol. The third kappa shape index (κ3) is 5.71. The summed E-state index contributed by atoms with van der Waals surface area (Å²) < 4.78 is 11.6. The molecule has 184 valence electrons. The van der Waals surface area contributed by atoms with Crippen LogP contribution in [0.15, 0.2) is 18.5 Å². The summed E-state index contributed by atoms with van der Waals surface area (Å²) in [7, 11) is 1.74. The van der Waals surface area contributed by atoms with E-state index < -0.39 is 6.10 Å². The van der Waals surface area contributed by atoms with Crippen molar-refractivity contribution in [3.8, 4) is 17.1 Å². The van der Waals surface area contributed by atoms with E-state index in [0.717, 1.165) is 0 Å². The molecule has 1 atom stereocenters. The van der Waals surface area contributed by atoms with Gasteiger partial charge in [0, 0.05) is 63.0 Å². The maximum absolute atomic E-state index is 12.5. The van der Waals surface area contributed by atoms with Crippen LogP contribution in [0, 0.1) is 5.92 Å². The number of likely N-dealkylation sites (N-methyl/N-ethyl adjacent to an activating group) is 1. The minimum atomic E-state index is -0.965. The molecule has 0 unspecified atom stereocenters. The Bertz CT molecular complexity index is 976. The predicted octanol–water partition coefficient (Wildman–Crippen LogP) is 1.13. The molecule has 2 aliphatic rings. The lowest BCUT2D eigenvalue weighted by Gasteiger charge is -2.41. The van der Waals surface area contributed by atoms with Crippen molar-refractivity contribution < 1.29 is 19.4 Å². The smallest absolute Gasteiger partial charge is 0.251 e. The maximum atomic E-state index is 12.5. The normalized spacial score (nSPS) is 21.1. The van der Waals surface area contributed by atoms with E-state index in [9.17, 15) is 9.90 Å². The molecular formula is C23H33N7O4. The summed E-state index contributed by atoms with van der Waals surface area (Å²) in [6, 6.07) is 1.80. The molecule has 1 amide bonds. The molecule has 34 heavy (non-hydrogen) atoms. The van der Waals surface area contributed by atoms with Gasteiger partial charge in [-0.05, 0) is 12.3 Å². The number of ether oxygens (including phenoxy) is 2. The Morgan fingerprint density at radius 3 is 2.59 bits per heavy atom. The van der Waals surface area contributed by atoms with E-state index in [1.54, 1.807) is 30.4 Å². The Labute approximate surface area is 199 Å². The molecule has 3 heterocycles. The summed E-state index contributed by atoms with van der Waals surface area (Å²) in [5, 5.41) is 10.2. The van der Waals surface area contributed by atoms with Gasteiger partial charge in [0.05, 0.1) is 18.9 Å². The number of carbonyl (C=O) groups excluding carboxylic acids is 1. The molecule has 0 bridgehead atoms. The molecule has 2 fully saturated rings. The van der Waals surface area contributed by atoms with Crippen LogP contribution in [0.5, 0.6) is 5.88 Å². The highest BCUT2D eigenvalue weighted by atomic mass is 16.5.